The third-order valence-electron chi connectivity index (χ3n) is 5.24. The van der Waals surface area contributed by atoms with Crippen molar-refractivity contribution in [2.75, 3.05) is 7.05 Å². The Morgan fingerprint density at radius 1 is 1.38 bits per heavy atom. The summed E-state index contributed by atoms with van der Waals surface area (Å²) in [5, 5.41) is 15.9. The average Bonchev–Trinajstić information content (AvgIpc) is 2.38. The molecule has 2 aliphatic carbocycles. The zero-order valence-electron chi connectivity index (χ0n) is 12.0. The van der Waals surface area contributed by atoms with E-state index >= 15 is 0 Å². The molecule has 2 saturated carbocycles. The Kier molecular flexibility index (Phi) is 3.43. The molecular formula is C16H19BrFN3. The number of hydrogen-bond donors (Lipinski definition) is 2. The van der Waals surface area contributed by atoms with E-state index in [9.17, 15) is 4.39 Å². The van der Waals surface area contributed by atoms with Gasteiger partial charge in [-0.3, -0.25) is 10.8 Å². The molecule has 1 aromatic carbocycles. The summed E-state index contributed by atoms with van der Waals surface area (Å²) < 4.78 is 14.0. The van der Waals surface area contributed by atoms with E-state index in [2.05, 4.69) is 15.9 Å². The molecule has 0 bridgehead atoms. The number of nitrogens with zero attached hydrogens (tertiary/aromatic N) is 1. The third kappa shape index (κ3) is 2.13. The standard InChI is InChI=1S/C16H19BrFN3/c1-21(10-19)14(20)16(8-15(9-16)5-2-6-15)11-3-4-13(18)12(17)7-11/h3-4,7,10,19-20H,2,5-6,8-9H2,1H3. The van der Waals surface area contributed by atoms with Gasteiger partial charge in [-0.25, -0.2) is 4.39 Å². The largest absolute Gasteiger partial charge is 0.324 e. The van der Waals surface area contributed by atoms with Gasteiger partial charge in [0.05, 0.1) is 16.2 Å². The van der Waals surface area contributed by atoms with Crippen molar-refractivity contribution >= 4 is 28.1 Å². The van der Waals surface area contributed by atoms with Crippen LogP contribution in [-0.4, -0.2) is 24.1 Å². The molecule has 0 heterocycles. The van der Waals surface area contributed by atoms with Crippen LogP contribution in [0.15, 0.2) is 22.7 Å². The molecule has 1 aromatic rings. The van der Waals surface area contributed by atoms with Crippen molar-refractivity contribution in [1.82, 2.24) is 4.90 Å². The lowest BCUT2D eigenvalue weighted by Crippen LogP contribution is -2.60. The lowest BCUT2D eigenvalue weighted by atomic mass is 9.43. The fraction of sp³-hybridized carbons (Fsp3) is 0.500. The van der Waals surface area contributed by atoms with Gasteiger partial charge in [-0.15, -0.1) is 0 Å². The zero-order valence-corrected chi connectivity index (χ0v) is 13.6. The Bertz CT molecular complexity index is 602. The Morgan fingerprint density at radius 3 is 2.52 bits per heavy atom. The molecule has 0 amide bonds. The number of halogens is 2. The van der Waals surface area contributed by atoms with E-state index in [4.69, 9.17) is 10.8 Å². The summed E-state index contributed by atoms with van der Waals surface area (Å²) in [5.41, 5.74) is 0.992. The van der Waals surface area contributed by atoms with Crippen LogP contribution in [0.4, 0.5) is 4.39 Å². The molecule has 0 atom stereocenters. The second-order valence-electron chi connectivity index (χ2n) is 6.51. The van der Waals surface area contributed by atoms with Gasteiger partial charge in [-0.2, -0.15) is 0 Å². The minimum atomic E-state index is -0.372. The van der Waals surface area contributed by atoms with Gasteiger partial charge in [0.2, 0.25) is 0 Å². The molecule has 112 valence electrons. The lowest BCUT2D eigenvalue weighted by molar-refractivity contribution is -0.0205. The number of amidine groups is 1. The SMILES string of the molecule is CN(C=N)C(=N)C1(c2ccc(F)c(Br)c2)CC2(CCC2)C1. The molecular weight excluding hydrogens is 333 g/mol. The fourth-order valence-electron chi connectivity index (χ4n) is 3.96. The first-order valence-corrected chi connectivity index (χ1v) is 8.00. The normalized spacial score (nSPS) is 21.3. The molecule has 0 unspecified atom stereocenters. The van der Waals surface area contributed by atoms with Crippen LogP contribution in [0.2, 0.25) is 0 Å². The van der Waals surface area contributed by atoms with Crippen molar-refractivity contribution in [3.63, 3.8) is 0 Å². The van der Waals surface area contributed by atoms with Crippen LogP contribution in [0.3, 0.4) is 0 Å². The lowest BCUT2D eigenvalue weighted by Gasteiger charge is -2.62. The van der Waals surface area contributed by atoms with Crippen molar-refractivity contribution in [3.05, 3.63) is 34.1 Å². The molecule has 21 heavy (non-hydrogen) atoms. The number of hydrogen-bond acceptors (Lipinski definition) is 2. The summed E-state index contributed by atoms with van der Waals surface area (Å²) >= 11 is 3.25. The maximum absolute atomic E-state index is 13.5. The Labute approximate surface area is 132 Å². The molecule has 0 aromatic heterocycles. The molecule has 0 aliphatic heterocycles. The van der Waals surface area contributed by atoms with E-state index < -0.39 is 0 Å². The van der Waals surface area contributed by atoms with Crippen LogP contribution in [0.1, 0.15) is 37.7 Å². The van der Waals surface area contributed by atoms with Crippen LogP contribution in [0.25, 0.3) is 0 Å². The van der Waals surface area contributed by atoms with Crippen molar-refractivity contribution in [3.8, 4) is 0 Å². The highest BCUT2D eigenvalue weighted by molar-refractivity contribution is 9.10. The molecule has 3 nitrogen and oxygen atoms in total. The molecule has 5 heteroatoms. The fourth-order valence-corrected chi connectivity index (χ4v) is 4.34. The number of rotatable bonds is 3. The first-order chi connectivity index (χ1) is 9.92. The summed E-state index contributed by atoms with van der Waals surface area (Å²) in [6, 6.07) is 5.05. The second-order valence-corrected chi connectivity index (χ2v) is 7.36. The maximum atomic E-state index is 13.5. The highest BCUT2D eigenvalue weighted by Crippen LogP contribution is 2.65. The summed E-state index contributed by atoms with van der Waals surface area (Å²) in [7, 11) is 1.74. The minimum Gasteiger partial charge on any atom is -0.324 e. The number of nitrogens with one attached hydrogen (secondary N) is 2. The first-order valence-electron chi connectivity index (χ1n) is 7.21. The van der Waals surface area contributed by atoms with Gasteiger partial charge in [-0.1, -0.05) is 12.5 Å². The van der Waals surface area contributed by atoms with Gasteiger partial charge in [0.25, 0.3) is 0 Å². The molecule has 0 saturated heterocycles. The predicted molar refractivity (Wildman–Crippen MR) is 85.6 cm³/mol. The highest BCUT2D eigenvalue weighted by Gasteiger charge is 2.60. The van der Waals surface area contributed by atoms with E-state index in [1.165, 1.54) is 31.7 Å². The number of likely N-dealkylation sites (N-methyl/N-ethyl adjacent to an activating group) is 1. The van der Waals surface area contributed by atoms with E-state index in [0.29, 0.717) is 15.7 Å². The van der Waals surface area contributed by atoms with Crippen LogP contribution < -0.4 is 0 Å². The van der Waals surface area contributed by atoms with Crippen LogP contribution in [0.5, 0.6) is 0 Å². The second kappa shape index (κ2) is 4.90. The van der Waals surface area contributed by atoms with Crippen LogP contribution in [-0.2, 0) is 5.41 Å². The van der Waals surface area contributed by atoms with E-state index in [-0.39, 0.29) is 11.2 Å². The van der Waals surface area contributed by atoms with Crippen molar-refractivity contribution in [2.45, 2.75) is 37.5 Å². The Hall–Kier alpha value is -1.23. The van der Waals surface area contributed by atoms with Gasteiger partial charge in [0.1, 0.15) is 11.7 Å². The Balaban J connectivity index is 1.98. The summed E-state index contributed by atoms with van der Waals surface area (Å²) in [6.45, 7) is 0. The molecule has 0 radical (unpaired) electrons. The van der Waals surface area contributed by atoms with Crippen LogP contribution >= 0.6 is 15.9 Å². The topological polar surface area (TPSA) is 50.9 Å². The van der Waals surface area contributed by atoms with E-state index in [1.807, 2.05) is 0 Å². The highest BCUT2D eigenvalue weighted by atomic mass is 79.9. The molecule has 3 rings (SSSR count). The average molecular weight is 352 g/mol. The molecule has 1 spiro atoms. The monoisotopic (exact) mass is 351 g/mol. The predicted octanol–water partition coefficient (Wildman–Crippen LogP) is 4.31. The molecule has 2 fully saturated rings. The maximum Gasteiger partial charge on any atom is 0.137 e. The van der Waals surface area contributed by atoms with Crippen molar-refractivity contribution in [1.29, 1.82) is 10.8 Å². The van der Waals surface area contributed by atoms with Crippen molar-refractivity contribution in [2.24, 2.45) is 5.41 Å². The summed E-state index contributed by atoms with van der Waals surface area (Å²) in [5.74, 6) is 0.159. The molecule has 2 aliphatic rings. The van der Waals surface area contributed by atoms with Gasteiger partial charge in [-0.05, 0) is 64.7 Å². The van der Waals surface area contributed by atoms with Gasteiger partial charge in [0.15, 0.2) is 0 Å². The number of benzene rings is 1. The quantitative estimate of drug-likeness (QED) is 0.618. The van der Waals surface area contributed by atoms with Crippen LogP contribution in [0, 0.1) is 22.1 Å². The smallest absolute Gasteiger partial charge is 0.137 e. The Morgan fingerprint density at radius 2 is 2.05 bits per heavy atom. The molecule has 2 N–H and O–H groups in total. The van der Waals surface area contributed by atoms with Crippen molar-refractivity contribution < 1.29 is 4.39 Å². The van der Waals surface area contributed by atoms with Gasteiger partial charge >= 0.3 is 0 Å². The third-order valence-corrected chi connectivity index (χ3v) is 5.85. The zero-order chi connectivity index (χ0) is 15.3. The first kappa shape index (κ1) is 14.7. The minimum absolute atomic E-state index is 0.279. The van der Waals surface area contributed by atoms with Gasteiger partial charge in [0, 0.05) is 7.05 Å². The van der Waals surface area contributed by atoms with Gasteiger partial charge < -0.3 is 4.90 Å². The van der Waals surface area contributed by atoms with E-state index in [0.717, 1.165) is 18.4 Å². The summed E-state index contributed by atoms with van der Waals surface area (Å²) in [4.78, 5) is 1.56. The summed E-state index contributed by atoms with van der Waals surface area (Å²) in [6.07, 6.45) is 6.80. The van der Waals surface area contributed by atoms with E-state index in [1.54, 1.807) is 24.1 Å².